The first-order valence-corrected chi connectivity index (χ1v) is 10.8. The van der Waals surface area contributed by atoms with Crippen LogP contribution in [0.5, 0.6) is 0 Å². The second-order valence-corrected chi connectivity index (χ2v) is 9.16. The summed E-state index contributed by atoms with van der Waals surface area (Å²) in [6, 6.07) is 15.3. The van der Waals surface area contributed by atoms with E-state index in [0.717, 1.165) is 11.6 Å². The molecule has 1 N–H and O–H groups in total. The maximum atomic E-state index is 14.5. The fraction of sp³-hybridized carbons (Fsp3) is 0.238. The third kappa shape index (κ3) is 3.79. The number of aryl methyl sites for hydroxylation is 1. The number of rotatable bonds is 5. The largest absolute Gasteiger partial charge is 0.378 e. The molecule has 1 saturated heterocycles. The second-order valence-electron chi connectivity index (χ2n) is 7.27. The number of benzene rings is 2. The van der Waals surface area contributed by atoms with Gasteiger partial charge in [0, 0.05) is 38.3 Å². The van der Waals surface area contributed by atoms with Crippen molar-refractivity contribution < 1.29 is 12.8 Å². The average molecular weight is 425 g/mol. The molecule has 0 amide bonds. The summed E-state index contributed by atoms with van der Waals surface area (Å²) in [5, 5.41) is 12.1. The van der Waals surface area contributed by atoms with Crippen molar-refractivity contribution in [1.29, 1.82) is 5.26 Å². The van der Waals surface area contributed by atoms with Crippen molar-refractivity contribution in [3.8, 4) is 6.07 Å². The number of imidazole rings is 1. The summed E-state index contributed by atoms with van der Waals surface area (Å²) in [6.45, 7) is 0.413. The summed E-state index contributed by atoms with van der Waals surface area (Å²) in [5.74, 6) is -0.730. The minimum Gasteiger partial charge on any atom is -0.378 e. The minimum absolute atomic E-state index is 0.0120. The molecule has 2 unspecified atom stereocenters. The molecule has 1 fully saturated rings. The molecule has 1 aliphatic heterocycles. The molecule has 3 aromatic rings. The fourth-order valence-corrected chi connectivity index (χ4v) is 5.16. The number of nitrogens with one attached hydrogen (secondary N) is 1. The van der Waals surface area contributed by atoms with Gasteiger partial charge in [-0.05, 0) is 23.8 Å². The van der Waals surface area contributed by atoms with Crippen LogP contribution in [0.25, 0.3) is 0 Å². The maximum Gasteiger partial charge on any atom is 0.262 e. The van der Waals surface area contributed by atoms with Gasteiger partial charge >= 0.3 is 0 Å². The quantitative estimate of drug-likeness (QED) is 0.679. The number of nitriles is 1. The molecular weight excluding hydrogens is 405 g/mol. The second kappa shape index (κ2) is 7.89. The molecule has 7 nitrogen and oxygen atoms in total. The Kier molecular flexibility index (Phi) is 5.28. The Balaban J connectivity index is 1.66. The van der Waals surface area contributed by atoms with Crippen LogP contribution in [-0.2, 0) is 17.1 Å². The molecule has 0 saturated carbocycles. The highest BCUT2D eigenvalue weighted by Gasteiger charge is 2.41. The number of hydrogen-bond acceptors (Lipinski definition) is 5. The molecule has 0 radical (unpaired) electrons. The van der Waals surface area contributed by atoms with Gasteiger partial charge in [-0.2, -0.15) is 9.57 Å². The summed E-state index contributed by atoms with van der Waals surface area (Å²) in [6.07, 6.45) is 2.91. The van der Waals surface area contributed by atoms with Crippen molar-refractivity contribution in [3.63, 3.8) is 0 Å². The smallest absolute Gasteiger partial charge is 0.262 e. The van der Waals surface area contributed by atoms with Crippen molar-refractivity contribution in [2.45, 2.75) is 17.0 Å². The summed E-state index contributed by atoms with van der Waals surface area (Å²) in [7, 11) is -2.07. The summed E-state index contributed by atoms with van der Waals surface area (Å²) < 4.78 is 43.6. The third-order valence-electron chi connectivity index (χ3n) is 5.24. The zero-order valence-electron chi connectivity index (χ0n) is 16.2. The average Bonchev–Trinajstić information content (AvgIpc) is 3.37. The Morgan fingerprint density at radius 2 is 1.97 bits per heavy atom. The molecule has 2 aromatic carbocycles. The standard InChI is InChI=1S/C21H20FN5O2S/c1-26-13-21(24-14-26)30(28,29)27-11-17(16-5-3-2-4-6-16)20(12-27)25-19-8-7-15(10-23)9-18(19)22/h2-9,13-14,17,20,25H,11-12H2,1H3. The van der Waals surface area contributed by atoms with Gasteiger partial charge in [-0.3, -0.25) is 0 Å². The van der Waals surface area contributed by atoms with E-state index in [9.17, 15) is 12.8 Å². The Morgan fingerprint density at radius 3 is 2.60 bits per heavy atom. The lowest BCUT2D eigenvalue weighted by Crippen LogP contribution is -2.32. The zero-order chi connectivity index (χ0) is 21.3. The van der Waals surface area contributed by atoms with Crippen LogP contribution < -0.4 is 5.32 Å². The molecule has 2 atom stereocenters. The van der Waals surface area contributed by atoms with E-state index >= 15 is 0 Å². The minimum atomic E-state index is -3.78. The van der Waals surface area contributed by atoms with E-state index in [0.29, 0.717) is 0 Å². The monoisotopic (exact) mass is 425 g/mol. The van der Waals surface area contributed by atoms with Gasteiger partial charge in [-0.15, -0.1) is 0 Å². The number of aromatic nitrogens is 2. The van der Waals surface area contributed by atoms with E-state index in [1.54, 1.807) is 11.6 Å². The lowest BCUT2D eigenvalue weighted by Gasteiger charge is -2.21. The van der Waals surface area contributed by atoms with Crippen LogP contribution in [0.1, 0.15) is 17.0 Å². The molecule has 2 heterocycles. The Hall–Kier alpha value is -3.22. The van der Waals surface area contributed by atoms with Crippen LogP contribution in [0.4, 0.5) is 10.1 Å². The SMILES string of the molecule is Cn1cnc(S(=O)(=O)N2CC(Nc3ccc(C#N)cc3F)C(c3ccccc3)C2)c1. The first kappa shape index (κ1) is 20.1. The molecule has 1 aromatic heterocycles. The third-order valence-corrected chi connectivity index (χ3v) is 6.96. The van der Waals surface area contributed by atoms with Gasteiger partial charge in [0.15, 0.2) is 5.03 Å². The summed E-state index contributed by atoms with van der Waals surface area (Å²) >= 11 is 0. The van der Waals surface area contributed by atoms with Crippen molar-refractivity contribution in [2.24, 2.45) is 7.05 Å². The normalized spacial score (nSPS) is 19.5. The number of nitrogens with zero attached hydrogens (tertiary/aromatic N) is 4. The first-order valence-electron chi connectivity index (χ1n) is 9.38. The van der Waals surface area contributed by atoms with Gasteiger partial charge in [0.25, 0.3) is 10.0 Å². The number of sulfonamides is 1. The number of hydrogen-bond donors (Lipinski definition) is 1. The Bertz CT molecular complexity index is 1200. The van der Waals surface area contributed by atoms with E-state index in [1.807, 2.05) is 36.4 Å². The van der Waals surface area contributed by atoms with Crippen LogP contribution >= 0.6 is 0 Å². The molecule has 4 rings (SSSR count). The lowest BCUT2D eigenvalue weighted by molar-refractivity contribution is 0.468. The van der Waals surface area contributed by atoms with Crippen LogP contribution in [-0.4, -0.2) is 41.4 Å². The molecule has 0 aliphatic carbocycles. The maximum absolute atomic E-state index is 14.5. The van der Waals surface area contributed by atoms with E-state index in [2.05, 4.69) is 10.3 Å². The molecule has 1 aliphatic rings. The van der Waals surface area contributed by atoms with Crippen molar-refractivity contribution in [2.75, 3.05) is 18.4 Å². The molecule has 0 spiro atoms. The zero-order valence-corrected chi connectivity index (χ0v) is 17.1. The molecule has 30 heavy (non-hydrogen) atoms. The predicted octanol–water partition coefficient (Wildman–Crippen LogP) is 2.70. The highest BCUT2D eigenvalue weighted by atomic mass is 32.2. The molecule has 0 bridgehead atoms. The lowest BCUT2D eigenvalue weighted by atomic mass is 9.94. The summed E-state index contributed by atoms with van der Waals surface area (Å²) in [5.41, 5.74) is 1.42. The Labute approximate surface area is 174 Å². The predicted molar refractivity (Wildman–Crippen MR) is 110 cm³/mol. The Morgan fingerprint density at radius 1 is 1.20 bits per heavy atom. The van der Waals surface area contributed by atoms with Crippen LogP contribution in [0.2, 0.25) is 0 Å². The van der Waals surface area contributed by atoms with Crippen molar-refractivity contribution in [1.82, 2.24) is 13.9 Å². The highest BCUT2D eigenvalue weighted by molar-refractivity contribution is 7.89. The van der Waals surface area contributed by atoms with Crippen LogP contribution in [0.3, 0.4) is 0 Å². The number of anilines is 1. The van der Waals surface area contributed by atoms with E-state index < -0.39 is 15.8 Å². The van der Waals surface area contributed by atoms with E-state index in [-0.39, 0.29) is 41.3 Å². The van der Waals surface area contributed by atoms with E-state index in [1.165, 1.54) is 29.0 Å². The van der Waals surface area contributed by atoms with Gasteiger partial charge in [-0.1, -0.05) is 30.3 Å². The van der Waals surface area contributed by atoms with Gasteiger partial charge in [0.05, 0.1) is 23.6 Å². The molecular formula is C21H20FN5O2S. The van der Waals surface area contributed by atoms with Crippen LogP contribution in [0, 0.1) is 17.1 Å². The van der Waals surface area contributed by atoms with Crippen molar-refractivity contribution in [3.05, 3.63) is 78.0 Å². The van der Waals surface area contributed by atoms with Gasteiger partial charge in [0.2, 0.25) is 0 Å². The molecule has 9 heteroatoms. The highest BCUT2D eigenvalue weighted by Crippen LogP contribution is 2.33. The topological polar surface area (TPSA) is 91.0 Å². The summed E-state index contributed by atoms with van der Waals surface area (Å²) in [4.78, 5) is 3.99. The number of halogens is 1. The van der Waals surface area contributed by atoms with Crippen LogP contribution in [0.15, 0.2) is 66.1 Å². The van der Waals surface area contributed by atoms with Crippen molar-refractivity contribution >= 4 is 15.7 Å². The van der Waals surface area contributed by atoms with Gasteiger partial charge in [-0.25, -0.2) is 17.8 Å². The fourth-order valence-electron chi connectivity index (χ4n) is 3.70. The first-order chi connectivity index (χ1) is 14.4. The van der Waals surface area contributed by atoms with Gasteiger partial charge in [0.1, 0.15) is 5.82 Å². The van der Waals surface area contributed by atoms with E-state index in [4.69, 9.17) is 5.26 Å². The van der Waals surface area contributed by atoms with Gasteiger partial charge < -0.3 is 9.88 Å². The molecule has 154 valence electrons.